The maximum Gasteiger partial charge on any atom is 0.256 e. The van der Waals surface area contributed by atoms with E-state index in [0.29, 0.717) is 22.9 Å². The predicted octanol–water partition coefficient (Wildman–Crippen LogP) is 3.95. The van der Waals surface area contributed by atoms with Crippen molar-refractivity contribution in [1.29, 1.82) is 0 Å². The van der Waals surface area contributed by atoms with Gasteiger partial charge in [0.05, 0.1) is 0 Å². The van der Waals surface area contributed by atoms with Crippen LogP contribution in [0.5, 0.6) is 11.6 Å². The highest BCUT2D eigenvalue weighted by Crippen LogP contribution is 2.28. The number of aryl methyl sites for hydroxylation is 1. The van der Waals surface area contributed by atoms with Crippen LogP contribution in [0.2, 0.25) is 5.02 Å². The largest absolute Gasteiger partial charge is 0.436 e. The Balaban J connectivity index is 2.28. The van der Waals surface area contributed by atoms with Gasteiger partial charge in [-0.2, -0.15) is 0 Å². The van der Waals surface area contributed by atoms with E-state index in [1.54, 1.807) is 31.3 Å². The first kappa shape index (κ1) is 14.8. The molecule has 0 saturated heterocycles. The quantitative estimate of drug-likeness (QED) is 0.907. The van der Waals surface area contributed by atoms with Gasteiger partial charge in [0.15, 0.2) is 5.82 Å². The van der Waals surface area contributed by atoms with Gasteiger partial charge in [0, 0.05) is 23.3 Å². The highest BCUT2D eigenvalue weighted by atomic mass is 35.5. The number of halogens is 2. The average Bonchev–Trinajstić information content (AvgIpc) is 2.45. The summed E-state index contributed by atoms with van der Waals surface area (Å²) in [7, 11) is 1.76. The summed E-state index contributed by atoms with van der Waals surface area (Å²) >= 11 is 6.04. The van der Waals surface area contributed by atoms with Crippen molar-refractivity contribution in [2.24, 2.45) is 0 Å². The van der Waals surface area contributed by atoms with Crippen molar-refractivity contribution in [3.05, 3.63) is 52.4 Å². The number of pyridine rings is 1. The zero-order chi connectivity index (χ0) is 14.5. The van der Waals surface area contributed by atoms with Crippen molar-refractivity contribution < 1.29 is 9.13 Å². The lowest BCUT2D eigenvalue weighted by atomic mass is 10.1. The van der Waals surface area contributed by atoms with E-state index in [0.717, 1.165) is 12.0 Å². The molecule has 20 heavy (non-hydrogen) atoms. The topological polar surface area (TPSA) is 34.1 Å². The standard InChI is InChI=1S/C15H16ClFN2O/c1-3-10-8-12(4-5-13(10)16)20-15-14(17)11(9-18-2)6-7-19-15/h4-8,18H,3,9H2,1-2H3. The zero-order valence-corrected chi connectivity index (χ0v) is 12.2. The third-order valence-electron chi connectivity index (χ3n) is 2.92. The summed E-state index contributed by atoms with van der Waals surface area (Å²) in [4.78, 5) is 3.94. The first-order valence-corrected chi connectivity index (χ1v) is 6.77. The van der Waals surface area contributed by atoms with Crippen molar-refractivity contribution in [3.63, 3.8) is 0 Å². The van der Waals surface area contributed by atoms with E-state index in [1.165, 1.54) is 6.20 Å². The molecular formula is C15H16ClFN2O. The second-order valence-electron chi connectivity index (χ2n) is 4.33. The molecule has 0 atom stereocenters. The number of nitrogens with zero attached hydrogens (tertiary/aromatic N) is 1. The smallest absolute Gasteiger partial charge is 0.256 e. The Morgan fingerprint density at radius 1 is 1.30 bits per heavy atom. The summed E-state index contributed by atoms with van der Waals surface area (Å²) in [6.07, 6.45) is 2.31. The molecule has 0 amide bonds. The fraction of sp³-hybridized carbons (Fsp3) is 0.267. The molecule has 0 radical (unpaired) electrons. The van der Waals surface area contributed by atoms with Gasteiger partial charge in [-0.05, 0) is 43.3 Å². The number of hydrogen-bond donors (Lipinski definition) is 1. The molecule has 0 saturated carbocycles. The van der Waals surface area contributed by atoms with Gasteiger partial charge in [0.2, 0.25) is 0 Å². The number of hydrogen-bond acceptors (Lipinski definition) is 3. The van der Waals surface area contributed by atoms with Gasteiger partial charge in [-0.1, -0.05) is 18.5 Å². The molecule has 1 aromatic carbocycles. The molecule has 1 heterocycles. The van der Waals surface area contributed by atoms with Crippen LogP contribution in [0.15, 0.2) is 30.5 Å². The maximum absolute atomic E-state index is 14.2. The van der Waals surface area contributed by atoms with Crippen molar-refractivity contribution in [3.8, 4) is 11.6 Å². The van der Waals surface area contributed by atoms with Crippen LogP contribution >= 0.6 is 11.6 Å². The lowest BCUT2D eigenvalue weighted by Crippen LogP contribution is -2.08. The van der Waals surface area contributed by atoms with Crippen LogP contribution in [0, 0.1) is 5.82 Å². The molecule has 0 spiro atoms. The first-order valence-electron chi connectivity index (χ1n) is 6.40. The van der Waals surface area contributed by atoms with Gasteiger partial charge in [0.1, 0.15) is 5.75 Å². The molecule has 0 fully saturated rings. The van der Waals surface area contributed by atoms with Crippen LogP contribution in [0.3, 0.4) is 0 Å². The molecule has 0 aliphatic heterocycles. The van der Waals surface area contributed by atoms with Crippen LogP contribution in [0.25, 0.3) is 0 Å². The minimum atomic E-state index is -0.449. The fourth-order valence-corrected chi connectivity index (χ4v) is 2.11. The number of nitrogens with one attached hydrogen (secondary N) is 1. The Labute approximate surface area is 122 Å². The SMILES string of the molecule is CCc1cc(Oc2nccc(CNC)c2F)ccc1Cl. The Bertz CT molecular complexity index is 604. The minimum absolute atomic E-state index is 0.0258. The fourth-order valence-electron chi connectivity index (χ4n) is 1.86. The number of aromatic nitrogens is 1. The van der Waals surface area contributed by atoms with Gasteiger partial charge >= 0.3 is 0 Å². The van der Waals surface area contributed by atoms with Crippen molar-refractivity contribution in [1.82, 2.24) is 10.3 Å². The zero-order valence-electron chi connectivity index (χ0n) is 11.4. The van der Waals surface area contributed by atoms with Gasteiger partial charge in [-0.15, -0.1) is 0 Å². The molecule has 1 aromatic heterocycles. The monoisotopic (exact) mass is 294 g/mol. The molecule has 2 rings (SSSR count). The first-order chi connectivity index (χ1) is 9.65. The maximum atomic E-state index is 14.2. The summed E-state index contributed by atoms with van der Waals surface area (Å²) < 4.78 is 19.7. The molecule has 5 heteroatoms. The van der Waals surface area contributed by atoms with Crippen molar-refractivity contribution in [2.45, 2.75) is 19.9 Å². The predicted molar refractivity (Wildman–Crippen MR) is 77.9 cm³/mol. The Morgan fingerprint density at radius 3 is 2.80 bits per heavy atom. The summed E-state index contributed by atoms with van der Waals surface area (Å²) in [5.41, 5.74) is 1.47. The molecule has 2 aromatic rings. The summed E-state index contributed by atoms with van der Waals surface area (Å²) in [5.74, 6) is 0.0521. The van der Waals surface area contributed by atoms with Crippen LogP contribution in [0.1, 0.15) is 18.1 Å². The molecule has 3 nitrogen and oxygen atoms in total. The van der Waals surface area contributed by atoms with Crippen LogP contribution < -0.4 is 10.1 Å². The van der Waals surface area contributed by atoms with Crippen molar-refractivity contribution >= 4 is 11.6 Å². The lowest BCUT2D eigenvalue weighted by molar-refractivity contribution is 0.417. The summed E-state index contributed by atoms with van der Waals surface area (Å²) in [6.45, 7) is 2.42. The molecule has 1 N–H and O–H groups in total. The second-order valence-corrected chi connectivity index (χ2v) is 4.74. The average molecular weight is 295 g/mol. The molecular weight excluding hydrogens is 279 g/mol. The lowest BCUT2D eigenvalue weighted by Gasteiger charge is -2.10. The molecule has 0 aliphatic carbocycles. The van der Waals surface area contributed by atoms with Crippen LogP contribution in [-0.2, 0) is 13.0 Å². The molecule has 0 unspecified atom stereocenters. The van der Waals surface area contributed by atoms with Crippen LogP contribution in [-0.4, -0.2) is 12.0 Å². The van der Waals surface area contributed by atoms with Crippen LogP contribution in [0.4, 0.5) is 4.39 Å². The van der Waals surface area contributed by atoms with E-state index in [9.17, 15) is 4.39 Å². The van der Waals surface area contributed by atoms with E-state index in [4.69, 9.17) is 16.3 Å². The van der Waals surface area contributed by atoms with E-state index in [-0.39, 0.29) is 5.88 Å². The van der Waals surface area contributed by atoms with Gasteiger partial charge in [-0.25, -0.2) is 9.37 Å². The van der Waals surface area contributed by atoms with Gasteiger partial charge in [-0.3, -0.25) is 0 Å². The van der Waals surface area contributed by atoms with E-state index in [2.05, 4.69) is 10.3 Å². The molecule has 0 aliphatic rings. The highest BCUT2D eigenvalue weighted by Gasteiger charge is 2.12. The number of rotatable bonds is 5. The summed E-state index contributed by atoms with van der Waals surface area (Å²) in [6, 6.07) is 6.87. The van der Waals surface area contributed by atoms with Gasteiger partial charge in [0.25, 0.3) is 5.88 Å². The Kier molecular flexibility index (Phi) is 4.93. The van der Waals surface area contributed by atoms with E-state index >= 15 is 0 Å². The third kappa shape index (κ3) is 3.26. The third-order valence-corrected chi connectivity index (χ3v) is 3.29. The highest BCUT2D eigenvalue weighted by molar-refractivity contribution is 6.31. The summed E-state index contributed by atoms with van der Waals surface area (Å²) in [5, 5.41) is 3.58. The number of ether oxygens (including phenoxy) is 1. The molecule has 106 valence electrons. The van der Waals surface area contributed by atoms with Crippen molar-refractivity contribution in [2.75, 3.05) is 7.05 Å². The normalized spacial score (nSPS) is 10.6. The van der Waals surface area contributed by atoms with E-state index < -0.39 is 5.82 Å². The Hall–Kier alpha value is -1.65. The number of benzene rings is 1. The second kappa shape index (κ2) is 6.68. The van der Waals surface area contributed by atoms with E-state index in [1.807, 2.05) is 6.92 Å². The Morgan fingerprint density at radius 2 is 2.10 bits per heavy atom. The van der Waals surface area contributed by atoms with Gasteiger partial charge < -0.3 is 10.1 Å². The molecule has 0 bridgehead atoms. The minimum Gasteiger partial charge on any atom is -0.436 e.